The summed E-state index contributed by atoms with van der Waals surface area (Å²) in [5, 5.41) is 15.3. The predicted octanol–water partition coefficient (Wildman–Crippen LogP) is 2.94. The maximum absolute atomic E-state index is 12.0. The van der Waals surface area contributed by atoms with Crippen LogP contribution in [0.25, 0.3) is 0 Å². The SMILES string of the molecule is CCCNc1nnc(C(=O)Nc2nc(CC)c(C)s2)s1. The molecule has 2 rings (SSSR count). The number of amides is 1. The van der Waals surface area contributed by atoms with Gasteiger partial charge in [0, 0.05) is 11.4 Å². The lowest BCUT2D eigenvalue weighted by molar-refractivity contribution is 0.102. The van der Waals surface area contributed by atoms with E-state index in [0.29, 0.717) is 15.3 Å². The Hall–Kier alpha value is -1.54. The molecule has 108 valence electrons. The number of carbonyl (C=O) groups excluding carboxylic acids is 1. The van der Waals surface area contributed by atoms with Crippen LogP contribution in [0, 0.1) is 6.92 Å². The van der Waals surface area contributed by atoms with Gasteiger partial charge in [-0.05, 0) is 19.8 Å². The van der Waals surface area contributed by atoms with E-state index in [0.717, 1.165) is 30.0 Å². The highest BCUT2D eigenvalue weighted by atomic mass is 32.1. The first-order chi connectivity index (χ1) is 9.63. The van der Waals surface area contributed by atoms with Crippen molar-refractivity contribution in [2.75, 3.05) is 17.2 Å². The number of hydrogen-bond acceptors (Lipinski definition) is 7. The molecular formula is C12H17N5OS2. The first kappa shape index (κ1) is 14.9. The molecule has 0 aliphatic carbocycles. The predicted molar refractivity (Wildman–Crippen MR) is 82.9 cm³/mol. The summed E-state index contributed by atoms with van der Waals surface area (Å²) in [5.41, 5.74) is 1.02. The summed E-state index contributed by atoms with van der Waals surface area (Å²) in [7, 11) is 0. The second-order valence-electron chi connectivity index (χ2n) is 4.17. The third-order valence-corrected chi connectivity index (χ3v) is 4.40. The largest absolute Gasteiger partial charge is 0.360 e. The molecule has 0 saturated carbocycles. The van der Waals surface area contributed by atoms with Gasteiger partial charge in [-0.1, -0.05) is 25.2 Å². The average molecular weight is 311 g/mol. The minimum Gasteiger partial charge on any atom is -0.360 e. The van der Waals surface area contributed by atoms with E-state index in [1.165, 1.54) is 22.7 Å². The van der Waals surface area contributed by atoms with Crippen LogP contribution in [0.3, 0.4) is 0 Å². The van der Waals surface area contributed by atoms with Crippen LogP contribution in [-0.2, 0) is 6.42 Å². The molecular weight excluding hydrogens is 294 g/mol. The maximum atomic E-state index is 12.0. The first-order valence-electron chi connectivity index (χ1n) is 6.49. The van der Waals surface area contributed by atoms with Gasteiger partial charge in [0.25, 0.3) is 5.91 Å². The van der Waals surface area contributed by atoms with Crippen molar-refractivity contribution in [3.63, 3.8) is 0 Å². The van der Waals surface area contributed by atoms with Gasteiger partial charge < -0.3 is 5.32 Å². The van der Waals surface area contributed by atoms with Crippen molar-refractivity contribution in [1.29, 1.82) is 0 Å². The highest BCUT2D eigenvalue weighted by Crippen LogP contribution is 2.23. The monoisotopic (exact) mass is 311 g/mol. The Morgan fingerprint density at radius 2 is 2.00 bits per heavy atom. The Bertz CT molecular complexity index is 592. The second kappa shape index (κ2) is 6.76. The molecule has 2 aromatic heterocycles. The third-order valence-electron chi connectivity index (χ3n) is 2.59. The first-order valence-corrected chi connectivity index (χ1v) is 8.12. The standard InChI is InChI=1S/C12H17N5OS2/c1-4-6-13-11-17-16-10(20-11)9(18)15-12-14-8(5-2)7(3)19-12/h4-6H2,1-3H3,(H,13,17)(H,14,15,18). The van der Waals surface area contributed by atoms with Crippen molar-refractivity contribution in [2.45, 2.75) is 33.6 Å². The Balaban J connectivity index is 2.01. The summed E-state index contributed by atoms with van der Waals surface area (Å²) in [6, 6.07) is 0. The Morgan fingerprint density at radius 3 is 2.65 bits per heavy atom. The van der Waals surface area contributed by atoms with Crippen molar-refractivity contribution in [3.05, 3.63) is 15.6 Å². The van der Waals surface area contributed by atoms with Crippen LogP contribution in [0.5, 0.6) is 0 Å². The molecule has 0 spiro atoms. The Morgan fingerprint density at radius 1 is 1.20 bits per heavy atom. The summed E-state index contributed by atoms with van der Waals surface area (Å²) in [5.74, 6) is -0.261. The molecule has 20 heavy (non-hydrogen) atoms. The molecule has 2 N–H and O–H groups in total. The molecule has 0 unspecified atom stereocenters. The molecule has 0 aliphatic rings. The van der Waals surface area contributed by atoms with Gasteiger partial charge in [0.05, 0.1) is 5.69 Å². The number of aromatic nitrogens is 3. The molecule has 0 atom stereocenters. The maximum Gasteiger partial charge on any atom is 0.288 e. The number of nitrogens with one attached hydrogen (secondary N) is 2. The normalized spacial score (nSPS) is 10.6. The number of rotatable bonds is 6. The third kappa shape index (κ3) is 3.51. The van der Waals surface area contributed by atoms with E-state index >= 15 is 0 Å². The molecule has 0 bridgehead atoms. The number of carbonyl (C=O) groups is 1. The van der Waals surface area contributed by atoms with Crippen LogP contribution in [0.1, 0.15) is 40.6 Å². The Kier molecular flexibility index (Phi) is 5.02. The fraction of sp³-hybridized carbons (Fsp3) is 0.500. The van der Waals surface area contributed by atoms with E-state index < -0.39 is 0 Å². The van der Waals surface area contributed by atoms with Gasteiger partial charge in [-0.2, -0.15) is 0 Å². The summed E-state index contributed by atoms with van der Waals surface area (Å²) >= 11 is 2.73. The van der Waals surface area contributed by atoms with Crippen molar-refractivity contribution >= 4 is 38.8 Å². The van der Waals surface area contributed by atoms with Gasteiger partial charge in [-0.3, -0.25) is 10.1 Å². The average Bonchev–Trinajstić information content (AvgIpc) is 3.03. The van der Waals surface area contributed by atoms with E-state index in [1.54, 1.807) is 0 Å². The fourth-order valence-electron chi connectivity index (χ4n) is 1.58. The minimum absolute atomic E-state index is 0.261. The lowest BCUT2D eigenvalue weighted by Gasteiger charge is -1.97. The van der Waals surface area contributed by atoms with Gasteiger partial charge in [0.1, 0.15) is 0 Å². The van der Waals surface area contributed by atoms with Crippen LogP contribution in [0.2, 0.25) is 0 Å². The highest BCUT2D eigenvalue weighted by Gasteiger charge is 2.15. The molecule has 2 aromatic rings. The zero-order chi connectivity index (χ0) is 14.5. The minimum atomic E-state index is -0.261. The van der Waals surface area contributed by atoms with Crippen LogP contribution in [-0.4, -0.2) is 27.6 Å². The Labute approximate surface area is 125 Å². The van der Waals surface area contributed by atoms with Gasteiger partial charge in [-0.25, -0.2) is 4.98 Å². The van der Waals surface area contributed by atoms with E-state index in [9.17, 15) is 4.79 Å². The van der Waals surface area contributed by atoms with Crippen molar-refractivity contribution < 1.29 is 4.79 Å². The lowest BCUT2D eigenvalue weighted by Crippen LogP contribution is -2.11. The molecule has 1 amide bonds. The smallest absolute Gasteiger partial charge is 0.288 e. The second-order valence-corrected chi connectivity index (χ2v) is 6.35. The molecule has 2 heterocycles. The molecule has 0 fully saturated rings. The van der Waals surface area contributed by atoms with E-state index in [1.807, 2.05) is 13.8 Å². The zero-order valence-electron chi connectivity index (χ0n) is 11.7. The van der Waals surface area contributed by atoms with Crippen LogP contribution in [0.15, 0.2) is 0 Å². The molecule has 0 saturated heterocycles. The number of hydrogen-bond donors (Lipinski definition) is 2. The summed E-state index contributed by atoms with van der Waals surface area (Å²) in [6.45, 7) is 6.94. The number of aryl methyl sites for hydroxylation is 2. The van der Waals surface area contributed by atoms with Gasteiger partial charge in [0.15, 0.2) is 5.13 Å². The number of anilines is 2. The van der Waals surface area contributed by atoms with Crippen LogP contribution in [0.4, 0.5) is 10.3 Å². The molecule has 0 aromatic carbocycles. The summed E-state index contributed by atoms with van der Waals surface area (Å²) in [6.07, 6.45) is 1.86. The molecule has 8 heteroatoms. The number of thiazole rings is 1. The topological polar surface area (TPSA) is 79.8 Å². The van der Waals surface area contributed by atoms with E-state index in [4.69, 9.17) is 0 Å². The lowest BCUT2D eigenvalue weighted by atomic mass is 10.3. The fourth-order valence-corrected chi connectivity index (χ4v) is 3.14. The van der Waals surface area contributed by atoms with E-state index in [2.05, 4.69) is 32.7 Å². The van der Waals surface area contributed by atoms with E-state index in [-0.39, 0.29) is 5.91 Å². The van der Waals surface area contributed by atoms with Crippen molar-refractivity contribution in [3.8, 4) is 0 Å². The molecule has 6 nitrogen and oxygen atoms in total. The summed E-state index contributed by atoms with van der Waals surface area (Å²) < 4.78 is 0. The molecule has 0 aliphatic heterocycles. The van der Waals surface area contributed by atoms with Crippen molar-refractivity contribution in [2.24, 2.45) is 0 Å². The van der Waals surface area contributed by atoms with Gasteiger partial charge in [0.2, 0.25) is 10.1 Å². The quantitative estimate of drug-likeness (QED) is 0.857. The molecule has 0 radical (unpaired) electrons. The van der Waals surface area contributed by atoms with Crippen molar-refractivity contribution in [1.82, 2.24) is 15.2 Å². The van der Waals surface area contributed by atoms with Crippen LogP contribution >= 0.6 is 22.7 Å². The number of nitrogens with zero attached hydrogens (tertiary/aromatic N) is 3. The highest BCUT2D eigenvalue weighted by molar-refractivity contribution is 7.17. The zero-order valence-corrected chi connectivity index (χ0v) is 13.3. The summed E-state index contributed by atoms with van der Waals surface area (Å²) in [4.78, 5) is 17.6. The van der Waals surface area contributed by atoms with Gasteiger partial charge >= 0.3 is 0 Å². The van der Waals surface area contributed by atoms with Gasteiger partial charge in [-0.15, -0.1) is 21.5 Å². The van der Waals surface area contributed by atoms with Crippen LogP contribution < -0.4 is 10.6 Å².